The number of hydrogen-bond donors (Lipinski definition) is 2. The molecule has 0 unspecified atom stereocenters. The van der Waals surface area contributed by atoms with Crippen LogP contribution in [-0.4, -0.2) is 21.5 Å². The lowest BCUT2D eigenvalue weighted by molar-refractivity contribution is 0.457. The summed E-state index contributed by atoms with van der Waals surface area (Å²) in [5.41, 5.74) is 2.52. The first kappa shape index (κ1) is 14.9. The summed E-state index contributed by atoms with van der Waals surface area (Å²) < 4.78 is 27.7. The number of hydrogen-bond acceptors (Lipinski definition) is 3. The van der Waals surface area contributed by atoms with Gasteiger partial charge in [-0.25, -0.2) is 13.1 Å². The third-order valence-electron chi connectivity index (χ3n) is 5.90. The Hall–Kier alpha value is -1.07. The monoisotopic (exact) mass is 308 g/mol. The van der Waals surface area contributed by atoms with Gasteiger partial charge in [0.2, 0.25) is 10.0 Å². The maximum atomic E-state index is 12.4. The first-order chi connectivity index (χ1) is 9.66. The smallest absolute Gasteiger partial charge is 0.240 e. The molecule has 21 heavy (non-hydrogen) atoms. The number of benzene rings is 1. The van der Waals surface area contributed by atoms with Crippen LogP contribution in [0.2, 0.25) is 0 Å². The summed E-state index contributed by atoms with van der Waals surface area (Å²) in [6, 6.07) is 5.36. The Bertz CT molecular complexity index is 664. The van der Waals surface area contributed by atoms with Gasteiger partial charge in [-0.05, 0) is 40.9 Å². The van der Waals surface area contributed by atoms with Gasteiger partial charge in [-0.1, -0.05) is 33.8 Å². The summed E-state index contributed by atoms with van der Waals surface area (Å²) in [5.74, 6) is 0.382. The molecule has 0 atom stereocenters. The fourth-order valence-electron chi connectivity index (χ4n) is 3.56. The van der Waals surface area contributed by atoms with Gasteiger partial charge in [-0.2, -0.15) is 0 Å². The topological polar surface area (TPSA) is 58.2 Å². The van der Waals surface area contributed by atoms with Crippen LogP contribution in [0.3, 0.4) is 0 Å². The highest BCUT2D eigenvalue weighted by atomic mass is 32.2. The van der Waals surface area contributed by atoms with Crippen molar-refractivity contribution in [2.45, 2.75) is 39.0 Å². The van der Waals surface area contributed by atoms with Crippen molar-refractivity contribution in [3.8, 4) is 0 Å². The molecule has 116 valence electrons. The summed E-state index contributed by atoms with van der Waals surface area (Å²) in [7, 11) is -3.43. The molecule has 3 rings (SSSR count). The highest BCUT2D eigenvalue weighted by Crippen LogP contribution is 2.67. The van der Waals surface area contributed by atoms with Crippen LogP contribution < -0.4 is 10.0 Å². The molecule has 0 amide bonds. The van der Waals surface area contributed by atoms with E-state index in [0.29, 0.717) is 17.4 Å². The van der Waals surface area contributed by atoms with Gasteiger partial charge >= 0.3 is 0 Å². The molecule has 4 nitrogen and oxygen atoms in total. The van der Waals surface area contributed by atoms with E-state index in [9.17, 15) is 8.42 Å². The van der Waals surface area contributed by atoms with Crippen LogP contribution in [0.1, 0.15) is 33.3 Å². The van der Waals surface area contributed by atoms with E-state index in [1.807, 2.05) is 6.07 Å². The summed E-state index contributed by atoms with van der Waals surface area (Å²) in [6.07, 6.45) is 0.966. The largest absolute Gasteiger partial charge is 0.384 e. The Morgan fingerprint density at radius 2 is 1.90 bits per heavy atom. The molecular weight excluding hydrogens is 284 g/mol. The van der Waals surface area contributed by atoms with Crippen molar-refractivity contribution in [3.05, 3.63) is 23.8 Å². The zero-order valence-corrected chi connectivity index (χ0v) is 14.0. The van der Waals surface area contributed by atoms with E-state index in [-0.39, 0.29) is 10.8 Å². The normalized spacial score (nSPS) is 22.7. The zero-order chi connectivity index (χ0) is 15.5. The van der Waals surface area contributed by atoms with Crippen molar-refractivity contribution in [1.29, 1.82) is 0 Å². The van der Waals surface area contributed by atoms with Crippen LogP contribution in [0.5, 0.6) is 0 Å². The molecule has 0 saturated heterocycles. The molecular formula is C16H24N2O2S. The number of anilines is 1. The highest BCUT2D eigenvalue weighted by molar-refractivity contribution is 7.89. The number of rotatable bonds is 4. The lowest BCUT2D eigenvalue weighted by Gasteiger charge is -2.09. The molecule has 5 heteroatoms. The standard InChI is InChI=1S/C16H24N2O2S/c1-15(2)14(16(15,3)4)10-18-21(19,20)12-6-5-11-7-8-17-13(11)9-12/h5-6,9,14,17-18H,7-8,10H2,1-4H3. The van der Waals surface area contributed by atoms with Crippen molar-refractivity contribution in [2.24, 2.45) is 16.7 Å². The Morgan fingerprint density at radius 1 is 1.24 bits per heavy atom. The molecule has 1 aromatic rings. The Balaban J connectivity index is 1.73. The van der Waals surface area contributed by atoms with Gasteiger partial charge in [0.1, 0.15) is 0 Å². The lowest BCUT2D eigenvalue weighted by Crippen LogP contribution is -2.27. The van der Waals surface area contributed by atoms with Crippen LogP contribution in [0.15, 0.2) is 23.1 Å². The first-order valence-corrected chi connectivity index (χ1v) is 9.01. The maximum Gasteiger partial charge on any atom is 0.240 e. The maximum absolute atomic E-state index is 12.4. The van der Waals surface area contributed by atoms with Gasteiger partial charge in [-0.15, -0.1) is 0 Å². The van der Waals surface area contributed by atoms with Crippen molar-refractivity contribution in [3.63, 3.8) is 0 Å². The van der Waals surface area contributed by atoms with Crippen molar-refractivity contribution >= 4 is 15.7 Å². The van der Waals surface area contributed by atoms with Crippen LogP contribution >= 0.6 is 0 Å². The molecule has 0 aromatic heterocycles. The SMILES string of the molecule is CC1(C)C(CNS(=O)(=O)c2ccc3c(c2)NCC3)C1(C)C. The molecule has 1 aliphatic carbocycles. The van der Waals surface area contributed by atoms with E-state index in [2.05, 4.69) is 37.7 Å². The highest BCUT2D eigenvalue weighted by Gasteiger charge is 2.64. The lowest BCUT2D eigenvalue weighted by atomic mass is 10.0. The fourth-order valence-corrected chi connectivity index (χ4v) is 4.63. The third kappa shape index (κ3) is 2.27. The second kappa shape index (κ2) is 4.46. The van der Waals surface area contributed by atoms with E-state index >= 15 is 0 Å². The summed E-state index contributed by atoms with van der Waals surface area (Å²) in [4.78, 5) is 0.354. The quantitative estimate of drug-likeness (QED) is 0.899. The van der Waals surface area contributed by atoms with E-state index in [4.69, 9.17) is 0 Å². The molecule has 1 aromatic carbocycles. The Labute approximate surface area is 127 Å². The second-order valence-corrected chi connectivity index (χ2v) is 9.11. The van der Waals surface area contributed by atoms with Crippen molar-refractivity contribution in [1.82, 2.24) is 4.72 Å². The Kier molecular flexibility index (Phi) is 3.16. The van der Waals surface area contributed by atoms with Crippen LogP contribution in [0.4, 0.5) is 5.69 Å². The average molecular weight is 308 g/mol. The van der Waals surface area contributed by atoms with E-state index < -0.39 is 10.0 Å². The van der Waals surface area contributed by atoms with Gasteiger partial charge < -0.3 is 5.32 Å². The number of fused-ring (bicyclic) bond motifs is 1. The Morgan fingerprint density at radius 3 is 2.52 bits per heavy atom. The molecule has 0 bridgehead atoms. The summed E-state index contributed by atoms with van der Waals surface area (Å²) in [6.45, 7) is 10.2. The van der Waals surface area contributed by atoms with Gasteiger partial charge in [0, 0.05) is 18.8 Å². The van der Waals surface area contributed by atoms with Gasteiger partial charge in [-0.3, -0.25) is 0 Å². The molecule has 1 aliphatic heterocycles. The molecule has 1 saturated carbocycles. The van der Waals surface area contributed by atoms with Gasteiger partial charge in [0.25, 0.3) is 0 Å². The first-order valence-electron chi connectivity index (χ1n) is 7.53. The zero-order valence-electron chi connectivity index (χ0n) is 13.2. The second-order valence-electron chi connectivity index (χ2n) is 7.34. The van der Waals surface area contributed by atoms with E-state index in [1.54, 1.807) is 12.1 Å². The van der Waals surface area contributed by atoms with Crippen LogP contribution in [0, 0.1) is 16.7 Å². The number of nitrogens with one attached hydrogen (secondary N) is 2. The number of sulfonamides is 1. The minimum Gasteiger partial charge on any atom is -0.384 e. The van der Waals surface area contributed by atoms with Crippen LogP contribution in [0.25, 0.3) is 0 Å². The van der Waals surface area contributed by atoms with Crippen molar-refractivity contribution in [2.75, 3.05) is 18.4 Å². The van der Waals surface area contributed by atoms with Crippen LogP contribution in [-0.2, 0) is 16.4 Å². The van der Waals surface area contributed by atoms with E-state index in [1.165, 1.54) is 5.56 Å². The van der Waals surface area contributed by atoms with Gasteiger partial charge in [0.15, 0.2) is 0 Å². The van der Waals surface area contributed by atoms with Crippen molar-refractivity contribution < 1.29 is 8.42 Å². The predicted molar refractivity (Wildman–Crippen MR) is 84.9 cm³/mol. The predicted octanol–water partition coefficient (Wildman–Crippen LogP) is 2.62. The average Bonchev–Trinajstić information content (AvgIpc) is 2.74. The molecule has 1 heterocycles. The summed E-state index contributed by atoms with van der Waals surface area (Å²) >= 11 is 0. The third-order valence-corrected chi connectivity index (χ3v) is 7.32. The fraction of sp³-hybridized carbons (Fsp3) is 0.625. The molecule has 0 radical (unpaired) electrons. The van der Waals surface area contributed by atoms with E-state index in [0.717, 1.165) is 18.7 Å². The molecule has 2 aliphatic rings. The molecule has 1 fully saturated rings. The minimum absolute atomic E-state index is 0.189. The molecule has 2 N–H and O–H groups in total. The minimum atomic E-state index is -3.43. The van der Waals surface area contributed by atoms with Gasteiger partial charge in [0.05, 0.1) is 4.90 Å². The molecule has 0 spiro atoms. The summed E-state index contributed by atoms with van der Waals surface area (Å²) in [5, 5.41) is 3.22.